The van der Waals surface area contributed by atoms with Crippen molar-refractivity contribution in [3.8, 4) is 0 Å². The molecule has 1 aliphatic heterocycles. The maximum absolute atomic E-state index is 12.5. The first-order valence-electron chi connectivity index (χ1n) is 7.95. The molecule has 1 heterocycles. The fourth-order valence-corrected chi connectivity index (χ4v) is 3.87. The molecule has 138 valence electrons. The van der Waals surface area contributed by atoms with Gasteiger partial charge in [0.2, 0.25) is 5.91 Å². The Labute approximate surface area is 147 Å². The lowest BCUT2D eigenvalue weighted by Gasteiger charge is -2.29. The first-order chi connectivity index (χ1) is 11.3. The van der Waals surface area contributed by atoms with E-state index < -0.39 is 27.9 Å². The summed E-state index contributed by atoms with van der Waals surface area (Å²) in [6.45, 7) is 8.44. The molecule has 1 N–H and O–H groups in total. The first-order valence-corrected chi connectivity index (χ1v) is 9.39. The Kier molecular flexibility index (Phi) is 4.98. The lowest BCUT2D eigenvalue weighted by molar-refractivity contribution is -0.128. The molecule has 0 bridgehead atoms. The van der Waals surface area contributed by atoms with E-state index in [2.05, 4.69) is 0 Å². The van der Waals surface area contributed by atoms with Gasteiger partial charge in [-0.15, -0.1) is 0 Å². The van der Waals surface area contributed by atoms with Crippen LogP contribution in [0.25, 0.3) is 0 Å². The molecule has 1 aliphatic rings. The molecule has 0 saturated carbocycles. The third-order valence-electron chi connectivity index (χ3n) is 4.10. The summed E-state index contributed by atoms with van der Waals surface area (Å²) < 4.78 is 37.9. The van der Waals surface area contributed by atoms with Crippen molar-refractivity contribution < 1.29 is 27.3 Å². The second kappa shape index (κ2) is 6.42. The molecule has 2 amide bonds. The van der Waals surface area contributed by atoms with Gasteiger partial charge < -0.3 is 4.74 Å². The zero-order valence-corrected chi connectivity index (χ0v) is 15.8. The number of nitrogens with zero attached hydrogens (tertiary/aromatic N) is 1. The largest absolute Gasteiger partial charge is 0.443 e. The topological polar surface area (TPSA) is 101 Å². The van der Waals surface area contributed by atoms with Gasteiger partial charge in [-0.2, -0.15) is 8.42 Å². The third kappa shape index (κ3) is 4.01. The minimum atomic E-state index is -4.40. The van der Waals surface area contributed by atoms with Crippen LogP contribution in [0.3, 0.4) is 0 Å². The number of benzene rings is 1. The summed E-state index contributed by atoms with van der Waals surface area (Å²) in [5.41, 5.74) is 0.853. The van der Waals surface area contributed by atoms with Crippen molar-refractivity contribution in [2.24, 2.45) is 0 Å². The van der Waals surface area contributed by atoms with Crippen molar-refractivity contribution in [3.63, 3.8) is 0 Å². The Morgan fingerprint density at radius 1 is 1.28 bits per heavy atom. The van der Waals surface area contributed by atoms with E-state index in [1.807, 2.05) is 0 Å². The van der Waals surface area contributed by atoms with E-state index in [0.29, 0.717) is 17.5 Å². The van der Waals surface area contributed by atoms with Gasteiger partial charge in [-0.25, -0.2) is 9.69 Å². The maximum Gasteiger partial charge on any atom is 0.417 e. The van der Waals surface area contributed by atoms with E-state index in [4.69, 9.17) is 4.74 Å². The van der Waals surface area contributed by atoms with Crippen molar-refractivity contribution in [3.05, 3.63) is 28.8 Å². The number of carbonyl (C=O) groups is 2. The first kappa shape index (κ1) is 19.4. The molecule has 0 aliphatic carbocycles. The van der Waals surface area contributed by atoms with Crippen molar-refractivity contribution in [1.29, 1.82) is 0 Å². The summed E-state index contributed by atoms with van der Waals surface area (Å²) in [6, 6.07) is 2.25. The van der Waals surface area contributed by atoms with Crippen LogP contribution in [0.4, 0.5) is 4.79 Å². The molecular formula is C17H23NO6S. The summed E-state index contributed by atoms with van der Waals surface area (Å²) in [5.74, 6) is -0.365. The number of likely N-dealkylation sites (tertiary alicyclic amines) is 1. The van der Waals surface area contributed by atoms with Gasteiger partial charge in [0, 0.05) is 6.42 Å². The molecule has 1 unspecified atom stereocenters. The predicted molar refractivity (Wildman–Crippen MR) is 90.8 cm³/mol. The average Bonchev–Trinajstić information content (AvgIpc) is 2.77. The van der Waals surface area contributed by atoms with Crippen LogP contribution >= 0.6 is 0 Å². The monoisotopic (exact) mass is 369 g/mol. The summed E-state index contributed by atoms with van der Waals surface area (Å²) in [4.78, 5) is 25.5. The van der Waals surface area contributed by atoms with Crippen LogP contribution < -0.4 is 0 Å². The van der Waals surface area contributed by atoms with Gasteiger partial charge in [0.25, 0.3) is 10.1 Å². The third-order valence-corrected chi connectivity index (χ3v) is 5.09. The summed E-state index contributed by atoms with van der Waals surface area (Å²) in [5, 5.41) is 0. The molecule has 0 aromatic heterocycles. The number of hydrogen-bond acceptors (Lipinski definition) is 5. The van der Waals surface area contributed by atoms with Gasteiger partial charge in [0.05, 0.1) is 10.9 Å². The SMILES string of the molecule is Cc1ccc(S(=O)(=O)O)c(C)c1C1CCC(=O)N1C(=O)OC(C)(C)C. The quantitative estimate of drug-likeness (QED) is 0.804. The van der Waals surface area contributed by atoms with Crippen LogP contribution in [0, 0.1) is 13.8 Å². The van der Waals surface area contributed by atoms with E-state index in [9.17, 15) is 22.6 Å². The maximum atomic E-state index is 12.5. The van der Waals surface area contributed by atoms with E-state index in [-0.39, 0.29) is 17.2 Å². The molecule has 0 spiro atoms. The molecule has 7 nitrogen and oxygen atoms in total. The molecule has 1 saturated heterocycles. The standard InChI is InChI=1S/C17H23NO6S/c1-10-6-8-13(25(21,22)23)11(2)15(10)12-7-9-14(19)18(12)16(20)24-17(3,4)5/h6,8,12H,7,9H2,1-5H3,(H,21,22,23). The smallest absolute Gasteiger partial charge is 0.417 e. The van der Waals surface area contributed by atoms with E-state index in [0.717, 1.165) is 10.5 Å². The lowest BCUT2D eigenvalue weighted by Crippen LogP contribution is -2.39. The highest BCUT2D eigenvalue weighted by Crippen LogP contribution is 2.39. The fourth-order valence-electron chi connectivity index (χ4n) is 3.13. The van der Waals surface area contributed by atoms with Crippen LogP contribution in [0.15, 0.2) is 17.0 Å². The zero-order chi connectivity index (χ0) is 19.2. The van der Waals surface area contributed by atoms with Gasteiger partial charge in [-0.1, -0.05) is 6.07 Å². The second-order valence-corrected chi connectivity index (χ2v) is 8.58. The molecule has 8 heteroatoms. The molecule has 1 fully saturated rings. The van der Waals surface area contributed by atoms with Crippen molar-refractivity contribution >= 4 is 22.1 Å². The molecule has 1 atom stereocenters. The van der Waals surface area contributed by atoms with Crippen LogP contribution in [-0.2, 0) is 19.6 Å². The van der Waals surface area contributed by atoms with Gasteiger partial charge in [0.1, 0.15) is 5.60 Å². The summed E-state index contributed by atoms with van der Waals surface area (Å²) >= 11 is 0. The van der Waals surface area contributed by atoms with Crippen molar-refractivity contribution in [2.75, 3.05) is 0 Å². The van der Waals surface area contributed by atoms with Crippen LogP contribution in [-0.4, -0.2) is 35.5 Å². The normalized spacial score (nSPS) is 18.6. The second-order valence-electron chi connectivity index (χ2n) is 7.19. The molecule has 2 rings (SSSR count). The minimum Gasteiger partial charge on any atom is -0.443 e. The Bertz CT molecular complexity index is 822. The van der Waals surface area contributed by atoms with Crippen LogP contribution in [0.1, 0.15) is 56.3 Å². The predicted octanol–water partition coefficient (Wildman–Crippen LogP) is 3.15. The molecule has 0 radical (unpaired) electrons. The van der Waals surface area contributed by atoms with E-state index in [1.54, 1.807) is 40.7 Å². The minimum absolute atomic E-state index is 0.166. The number of hydrogen-bond donors (Lipinski definition) is 1. The zero-order valence-electron chi connectivity index (χ0n) is 15.0. The Morgan fingerprint density at radius 2 is 1.88 bits per heavy atom. The number of rotatable bonds is 2. The van der Waals surface area contributed by atoms with Gasteiger partial charge >= 0.3 is 6.09 Å². The Balaban J connectivity index is 2.53. The van der Waals surface area contributed by atoms with Gasteiger partial charge in [-0.3, -0.25) is 9.35 Å². The number of aryl methyl sites for hydroxylation is 1. The molecule has 1 aromatic carbocycles. The van der Waals surface area contributed by atoms with E-state index in [1.165, 1.54) is 6.07 Å². The number of imide groups is 1. The van der Waals surface area contributed by atoms with Crippen molar-refractivity contribution in [2.45, 2.75) is 64.0 Å². The average molecular weight is 369 g/mol. The molecule has 1 aromatic rings. The van der Waals surface area contributed by atoms with Crippen molar-refractivity contribution in [1.82, 2.24) is 4.90 Å². The van der Waals surface area contributed by atoms with Crippen LogP contribution in [0.5, 0.6) is 0 Å². The summed E-state index contributed by atoms with van der Waals surface area (Å²) in [7, 11) is -4.40. The highest BCUT2D eigenvalue weighted by Gasteiger charge is 2.41. The molecular weight excluding hydrogens is 346 g/mol. The highest BCUT2D eigenvalue weighted by molar-refractivity contribution is 7.85. The number of ether oxygens (including phenoxy) is 1. The molecule has 25 heavy (non-hydrogen) atoms. The van der Waals surface area contributed by atoms with Gasteiger partial charge in [0.15, 0.2) is 0 Å². The van der Waals surface area contributed by atoms with Gasteiger partial charge in [-0.05, 0) is 63.8 Å². The number of amides is 2. The summed E-state index contributed by atoms with van der Waals surface area (Å²) in [6.07, 6.45) is -0.218. The number of carbonyl (C=O) groups excluding carboxylic acids is 2. The van der Waals surface area contributed by atoms with Crippen LogP contribution in [0.2, 0.25) is 0 Å². The lowest BCUT2D eigenvalue weighted by atomic mass is 9.94. The Hall–Kier alpha value is -1.93. The Morgan fingerprint density at radius 3 is 2.40 bits per heavy atom. The fraction of sp³-hybridized carbons (Fsp3) is 0.529. The van der Waals surface area contributed by atoms with E-state index >= 15 is 0 Å². The highest BCUT2D eigenvalue weighted by atomic mass is 32.2.